The average Bonchev–Trinajstić information content (AvgIpc) is 2.60. The maximum absolute atomic E-state index is 12.4. The zero-order valence-electron chi connectivity index (χ0n) is 13.5. The van der Waals surface area contributed by atoms with Crippen molar-refractivity contribution in [2.24, 2.45) is 0 Å². The van der Waals surface area contributed by atoms with Crippen LogP contribution in [0.1, 0.15) is 22.8 Å². The van der Waals surface area contributed by atoms with Crippen LogP contribution in [0, 0.1) is 20.2 Å². The highest BCUT2D eigenvalue weighted by atomic mass is 32.2. The van der Waals surface area contributed by atoms with Gasteiger partial charge in [0.1, 0.15) is 5.56 Å². The number of aryl methyl sites for hydroxylation is 1. The van der Waals surface area contributed by atoms with Crippen molar-refractivity contribution in [3.8, 4) is 0 Å². The molecule has 8 nitrogen and oxygen atoms in total. The summed E-state index contributed by atoms with van der Waals surface area (Å²) in [6.07, 6.45) is 2.27. The Balaban J connectivity index is 2.38. The van der Waals surface area contributed by atoms with E-state index in [1.165, 1.54) is 36.0 Å². The van der Waals surface area contributed by atoms with Gasteiger partial charge in [-0.15, -0.1) is 11.8 Å². The second-order valence-electron chi connectivity index (χ2n) is 5.05. The van der Waals surface area contributed by atoms with Gasteiger partial charge in [-0.1, -0.05) is 13.0 Å². The number of anilines is 1. The van der Waals surface area contributed by atoms with E-state index in [-0.39, 0.29) is 22.6 Å². The first kappa shape index (κ1) is 18.4. The first-order valence-electron chi connectivity index (χ1n) is 7.28. The van der Waals surface area contributed by atoms with E-state index in [1.54, 1.807) is 25.3 Å². The van der Waals surface area contributed by atoms with Gasteiger partial charge in [0.05, 0.1) is 9.85 Å². The third-order valence-electron chi connectivity index (χ3n) is 3.57. The SMILES string of the molecule is CCc1ccc(NC(=O)c2cc(SC)ccc2[N+](=O)[O-])cc1[N+](=O)[O-]. The molecule has 0 aliphatic rings. The highest BCUT2D eigenvalue weighted by Gasteiger charge is 2.22. The van der Waals surface area contributed by atoms with Gasteiger partial charge in [0.25, 0.3) is 17.3 Å². The lowest BCUT2D eigenvalue weighted by Crippen LogP contribution is -2.14. The van der Waals surface area contributed by atoms with Crippen molar-refractivity contribution in [2.45, 2.75) is 18.2 Å². The lowest BCUT2D eigenvalue weighted by Gasteiger charge is -2.08. The molecule has 130 valence electrons. The molecule has 0 aromatic heterocycles. The molecule has 2 rings (SSSR count). The van der Waals surface area contributed by atoms with Crippen LogP contribution in [0.2, 0.25) is 0 Å². The fourth-order valence-electron chi connectivity index (χ4n) is 2.29. The molecule has 0 atom stereocenters. The molecule has 0 saturated heterocycles. The van der Waals surface area contributed by atoms with E-state index in [1.807, 2.05) is 0 Å². The number of nitro benzene ring substituents is 2. The van der Waals surface area contributed by atoms with Gasteiger partial charge in [-0.2, -0.15) is 0 Å². The Kier molecular flexibility index (Phi) is 5.71. The van der Waals surface area contributed by atoms with Crippen LogP contribution >= 0.6 is 11.8 Å². The first-order chi connectivity index (χ1) is 11.9. The largest absolute Gasteiger partial charge is 0.322 e. The molecule has 9 heteroatoms. The van der Waals surface area contributed by atoms with Crippen molar-refractivity contribution in [3.05, 3.63) is 67.8 Å². The van der Waals surface area contributed by atoms with E-state index >= 15 is 0 Å². The number of hydrogen-bond acceptors (Lipinski definition) is 6. The molecule has 0 heterocycles. The van der Waals surface area contributed by atoms with Gasteiger partial charge in [0.2, 0.25) is 0 Å². The van der Waals surface area contributed by atoms with Crippen LogP contribution in [-0.2, 0) is 6.42 Å². The number of amides is 1. The molecular formula is C16H15N3O5S. The summed E-state index contributed by atoms with van der Waals surface area (Å²) in [5.74, 6) is -0.693. The normalized spacial score (nSPS) is 10.3. The maximum Gasteiger partial charge on any atom is 0.282 e. The van der Waals surface area contributed by atoms with Gasteiger partial charge in [-0.25, -0.2) is 0 Å². The fourth-order valence-corrected chi connectivity index (χ4v) is 2.73. The van der Waals surface area contributed by atoms with Crippen LogP contribution in [0.5, 0.6) is 0 Å². The molecule has 0 unspecified atom stereocenters. The number of carbonyl (C=O) groups excluding carboxylic acids is 1. The summed E-state index contributed by atoms with van der Waals surface area (Å²) < 4.78 is 0. The van der Waals surface area contributed by atoms with Gasteiger partial charge < -0.3 is 5.32 Å². The van der Waals surface area contributed by atoms with Gasteiger partial charge in [-0.05, 0) is 30.9 Å². The van der Waals surface area contributed by atoms with Crippen LogP contribution in [0.25, 0.3) is 0 Å². The molecule has 25 heavy (non-hydrogen) atoms. The molecular weight excluding hydrogens is 346 g/mol. The highest BCUT2D eigenvalue weighted by molar-refractivity contribution is 7.98. The minimum atomic E-state index is -0.693. The van der Waals surface area contributed by atoms with E-state index in [9.17, 15) is 25.0 Å². The predicted octanol–water partition coefficient (Wildman–Crippen LogP) is 4.04. The summed E-state index contributed by atoms with van der Waals surface area (Å²) in [4.78, 5) is 34.2. The fraction of sp³-hybridized carbons (Fsp3) is 0.188. The quantitative estimate of drug-likeness (QED) is 0.471. The minimum absolute atomic E-state index is 0.0981. The second kappa shape index (κ2) is 7.75. The molecule has 2 aromatic rings. The first-order valence-corrected chi connectivity index (χ1v) is 8.51. The van der Waals surface area contributed by atoms with Crippen molar-refractivity contribution < 1.29 is 14.6 Å². The van der Waals surface area contributed by atoms with Gasteiger partial charge in [0, 0.05) is 28.3 Å². The molecule has 0 aliphatic heterocycles. The van der Waals surface area contributed by atoms with Gasteiger partial charge >= 0.3 is 0 Å². The van der Waals surface area contributed by atoms with Crippen molar-refractivity contribution >= 4 is 34.7 Å². The van der Waals surface area contributed by atoms with Gasteiger partial charge in [-0.3, -0.25) is 25.0 Å². The van der Waals surface area contributed by atoms with E-state index in [0.717, 1.165) is 0 Å². The number of hydrogen-bond donors (Lipinski definition) is 1. The van der Waals surface area contributed by atoms with Crippen molar-refractivity contribution in [1.82, 2.24) is 0 Å². The molecule has 0 bridgehead atoms. The highest BCUT2D eigenvalue weighted by Crippen LogP contribution is 2.27. The van der Waals surface area contributed by atoms with Crippen LogP contribution in [-0.4, -0.2) is 22.0 Å². The number of benzene rings is 2. The standard InChI is InChI=1S/C16H15N3O5S/c1-3-10-4-5-11(8-15(10)19(23)24)17-16(20)13-9-12(25-2)6-7-14(13)18(21)22/h4-9H,3H2,1-2H3,(H,17,20). The zero-order valence-corrected chi connectivity index (χ0v) is 14.3. The third-order valence-corrected chi connectivity index (χ3v) is 4.29. The Bertz CT molecular complexity index is 854. The summed E-state index contributed by atoms with van der Waals surface area (Å²) in [6.45, 7) is 1.79. The smallest absolute Gasteiger partial charge is 0.282 e. The van der Waals surface area contributed by atoms with Crippen molar-refractivity contribution in [2.75, 3.05) is 11.6 Å². The molecule has 0 spiro atoms. The summed E-state index contributed by atoms with van der Waals surface area (Å²) in [5, 5.41) is 24.7. The average molecular weight is 361 g/mol. The van der Waals surface area contributed by atoms with Crippen molar-refractivity contribution in [3.63, 3.8) is 0 Å². The van der Waals surface area contributed by atoms with E-state index in [2.05, 4.69) is 5.32 Å². The van der Waals surface area contributed by atoms with Crippen LogP contribution < -0.4 is 5.32 Å². The van der Waals surface area contributed by atoms with Crippen LogP contribution in [0.3, 0.4) is 0 Å². The lowest BCUT2D eigenvalue weighted by molar-refractivity contribution is -0.385. The topological polar surface area (TPSA) is 115 Å². The Labute approximate surface area is 147 Å². The summed E-state index contributed by atoms with van der Waals surface area (Å²) in [5.41, 5.74) is 0.220. The number of thioether (sulfide) groups is 1. The predicted molar refractivity (Wildman–Crippen MR) is 95.3 cm³/mol. The Morgan fingerprint density at radius 1 is 1.08 bits per heavy atom. The van der Waals surface area contributed by atoms with E-state index in [4.69, 9.17) is 0 Å². The summed E-state index contributed by atoms with van der Waals surface area (Å²) in [6, 6.07) is 8.59. The lowest BCUT2D eigenvalue weighted by atomic mass is 10.1. The number of nitro groups is 2. The number of rotatable bonds is 6. The zero-order chi connectivity index (χ0) is 18.6. The van der Waals surface area contributed by atoms with Crippen LogP contribution in [0.4, 0.5) is 17.1 Å². The molecule has 0 aliphatic carbocycles. The third kappa shape index (κ3) is 4.13. The summed E-state index contributed by atoms with van der Waals surface area (Å²) >= 11 is 1.35. The molecule has 0 fully saturated rings. The maximum atomic E-state index is 12.4. The minimum Gasteiger partial charge on any atom is -0.322 e. The van der Waals surface area contributed by atoms with E-state index < -0.39 is 15.8 Å². The Morgan fingerprint density at radius 2 is 1.76 bits per heavy atom. The Morgan fingerprint density at radius 3 is 2.32 bits per heavy atom. The number of nitrogens with one attached hydrogen (secondary N) is 1. The second-order valence-corrected chi connectivity index (χ2v) is 5.93. The molecule has 1 N–H and O–H groups in total. The molecule has 0 radical (unpaired) electrons. The molecule has 2 aromatic carbocycles. The summed E-state index contributed by atoms with van der Waals surface area (Å²) in [7, 11) is 0. The van der Waals surface area contributed by atoms with Crippen LogP contribution in [0.15, 0.2) is 41.3 Å². The van der Waals surface area contributed by atoms with E-state index in [0.29, 0.717) is 16.9 Å². The van der Waals surface area contributed by atoms with Gasteiger partial charge in [0.15, 0.2) is 0 Å². The Hall–Kier alpha value is -2.94. The number of nitrogens with zero attached hydrogens (tertiary/aromatic N) is 2. The number of carbonyl (C=O) groups is 1. The monoisotopic (exact) mass is 361 g/mol. The molecule has 0 saturated carbocycles. The molecule has 1 amide bonds. The van der Waals surface area contributed by atoms with Crippen molar-refractivity contribution in [1.29, 1.82) is 0 Å².